The van der Waals surface area contributed by atoms with E-state index in [9.17, 15) is 0 Å². The number of nitrogens with two attached hydrogens (primary N) is 2. The van der Waals surface area contributed by atoms with Crippen LogP contribution in [0.4, 0.5) is 0 Å². The van der Waals surface area contributed by atoms with Crippen LogP contribution < -0.4 is 16.9 Å². The second-order valence-electron chi connectivity index (χ2n) is 8.09. The van der Waals surface area contributed by atoms with Gasteiger partial charge in [0.2, 0.25) is 0 Å². The molecule has 1 fully saturated rings. The van der Waals surface area contributed by atoms with Gasteiger partial charge in [0.15, 0.2) is 5.82 Å². The van der Waals surface area contributed by atoms with E-state index in [0.717, 1.165) is 60.7 Å². The third-order valence-corrected chi connectivity index (χ3v) is 5.89. The molecule has 1 aromatic heterocycles. The largest absolute Gasteiger partial charge is 0.328 e. The number of aliphatic imine (C=N–C) groups is 1. The fourth-order valence-electron chi connectivity index (χ4n) is 4.24. The monoisotopic (exact) mass is 401 g/mol. The quantitative estimate of drug-likeness (QED) is 0.724. The summed E-state index contributed by atoms with van der Waals surface area (Å²) in [6.45, 7) is 3.08. The highest BCUT2D eigenvalue weighted by Crippen LogP contribution is 2.31. The van der Waals surface area contributed by atoms with Gasteiger partial charge in [-0.3, -0.25) is 14.9 Å². The molecule has 3 aliphatic heterocycles. The van der Waals surface area contributed by atoms with Crippen molar-refractivity contribution >= 4 is 17.4 Å². The maximum absolute atomic E-state index is 6.32. The van der Waals surface area contributed by atoms with Gasteiger partial charge in [0.1, 0.15) is 6.17 Å². The average molecular weight is 402 g/mol. The molecule has 1 saturated heterocycles. The van der Waals surface area contributed by atoms with Gasteiger partial charge in [-0.1, -0.05) is 24.3 Å². The number of benzene rings is 1. The fourth-order valence-corrected chi connectivity index (χ4v) is 4.24. The molecule has 0 spiro atoms. The van der Waals surface area contributed by atoms with Gasteiger partial charge in [-0.25, -0.2) is 10.4 Å². The van der Waals surface area contributed by atoms with Crippen LogP contribution in [0.15, 0.2) is 65.7 Å². The zero-order valence-electron chi connectivity index (χ0n) is 16.9. The first-order chi connectivity index (χ1) is 14.7. The first-order valence-electron chi connectivity index (χ1n) is 10.5. The first-order valence-corrected chi connectivity index (χ1v) is 10.5. The number of rotatable bonds is 4. The molecule has 1 unspecified atom stereocenters. The summed E-state index contributed by atoms with van der Waals surface area (Å²) >= 11 is 0. The number of piperidine rings is 1. The predicted octanol–water partition coefficient (Wildman–Crippen LogP) is 1.90. The summed E-state index contributed by atoms with van der Waals surface area (Å²) in [5.74, 6) is 0.797. The van der Waals surface area contributed by atoms with E-state index in [0.29, 0.717) is 6.04 Å². The van der Waals surface area contributed by atoms with Crippen LogP contribution in [0.5, 0.6) is 0 Å². The Morgan fingerprint density at radius 3 is 2.73 bits per heavy atom. The third kappa shape index (κ3) is 3.80. The second kappa shape index (κ2) is 8.12. The van der Waals surface area contributed by atoms with E-state index in [2.05, 4.69) is 45.8 Å². The lowest BCUT2D eigenvalue weighted by molar-refractivity contribution is 0.205. The molecule has 7 heteroatoms. The molecule has 4 heterocycles. The highest BCUT2D eigenvalue weighted by molar-refractivity contribution is 6.11. The number of likely N-dealkylation sites (tertiary alicyclic amines) is 1. The predicted molar refractivity (Wildman–Crippen MR) is 120 cm³/mol. The minimum atomic E-state index is -0.348. The molecule has 0 bridgehead atoms. The maximum Gasteiger partial charge on any atom is 0.155 e. The van der Waals surface area contributed by atoms with Crippen molar-refractivity contribution in [3.8, 4) is 0 Å². The molecule has 1 atom stereocenters. The van der Waals surface area contributed by atoms with Crippen molar-refractivity contribution in [1.29, 1.82) is 0 Å². The Morgan fingerprint density at radius 1 is 1.07 bits per heavy atom. The summed E-state index contributed by atoms with van der Waals surface area (Å²) in [5, 5.41) is 1.91. The van der Waals surface area contributed by atoms with Crippen molar-refractivity contribution in [2.45, 2.75) is 31.6 Å². The van der Waals surface area contributed by atoms with Crippen molar-refractivity contribution < 1.29 is 0 Å². The van der Waals surface area contributed by atoms with E-state index in [-0.39, 0.29) is 6.17 Å². The van der Waals surface area contributed by atoms with Crippen LogP contribution in [0.1, 0.15) is 29.7 Å². The summed E-state index contributed by atoms with van der Waals surface area (Å²) in [7, 11) is 0. The van der Waals surface area contributed by atoms with Gasteiger partial charge in [-0.2, -0.15) is 0 Å². The van der Waals surface area contributed by atoms with Crippen LogP contribution >= 0.6 is 0 Å². The zero-order chi connectivity index (χ0) is 20.5. The Balaban J connectivity index is 1.36. The highest BCUT2D eigenvalue weighted by atomic mass is 15.6. The van der Waals surface area contributed by atoms with E-state index in [1.807, 2.05) is 29.4 Å². The van der Waals surface area contributed by atoms with Gasteiger partial charge in [0.05, 0.1) is 11.3 Å². The molecule has 154 valence electrons. The molecule has 2 aromatic rings. The Labute approximate surface area is 176 Å². The smallest absolute Gasteiger partial charge is 0.155 e. The van der Waals surface area contributed by atoms with Gasteiger partial charge in [-0.05, 0) is 55.3 Å². The molecule has 1 aromatic carbocycles. The summed E-state index contributed by atoms with van der Waals surface area (Å²) in [6.07, 6.45) is 7.54. The summed E-state index contributed by atoms with van der Waals surface area (Å²) < 4.78 is 0. The van der Waals surface area contributed by atoms with Crippen molar-refractivity contribution in [2.75, 3.05) is 13.1 Å². The zero-order valence-corrected chi connectivity index (χ0v) is 16.9. The fraction of sp³-hybridized carbons (Fsp3) is 0.304. The van der Waals surface area contributed by atoms with Gasteiger partial charge in [0.25, 0.3) is 0 Å². The summed E-state index contributed by atoms with van der Waals surface area (Å²) in [6, 6.07) is 14.8. The standard InChI is InChI=1S/C23H27N7/c24-19-7-10-29(11-8-19)14-16-4-3-5-17(12-16)18-13-27-23-21(20-6-1-2-9-26-20)22(25)28-30(23)15-18/h1-6,9,12-13,15,19,22,28H,7-8,10-11,14,24-25H2. The van der Waals surface area contributed by atoms with Crippen molar-refractivity contribution in [3.63, 3.8) is 0 Å². The van der Waals surface area contributed by atoms with Gasteiger partial charge in [-0.15, -0.1) is 0 Å². The molecule has 5 N–H and O–H groups in total. The molecule has 3 aliphatic rings. The number of hydrogen-bond acceptors (Lipinski definition) is 7. The van der Waals surface area contributed by atoms with Crippen molar-refractivity contribution in [1.82, 2.24) is 20.3 Å². The van der Waals surface area contributed by atoms with E-state index < -0.39 is 0 Å². The Kier molecular flexibility index (Phi) is 5.18. The van der Waals surface area contributed by atoms with Gasteiger partial charge < -0.3 is 11.5 Å². The molecular weight excluding hydrogens is 374 g/mol. The van der Waals surface area contributed by atoms with Gasteiger partial charge >= 0.3 is 0 Å². The molecule has 7 nitrogen and oxygen atoms in total. The lowest BCUT2D eigenvalue weighted by Crippen LogP contribution is -2.40. The normalized spacial score (nSPS) is 22.4. The van der Waals surface area contributed by atoms with Crippen LogP contribution in [0.3, 0.4) is 0 Å². The number of hydrogen-bond donors (Lipinski definition) is 3. The molecule has 0 aliphatic carbocycles. The minimum absolute atomic E-state index is 0.348. The lowest BCUT2D eigenvalue weighted by Gasteiger charge is -2.30. The summed E-state index contributed by atoms with van der Waals surface area (Å²) in [5.41, 5.74) is 20.9. The molecule has 0 radical (unpaired) electrons. The van der Waals surface area contributed by atoms with E-state index in [4.69, 9.17) is 16.5 Å². The van der Waals surface area contributed by atoms with E-state index in [1.165, 1.54) is 5.56 Å². The van der Waals surface area contributed by atoms with Crippen LogP contribution in [-0.2, 0) is 6.54 Å². The van der Waals surface area contributed by atoms with Crippen molar-refractivity contribution in [3.05, 3.63) is 77.5 Å². The first kappa shape index (κ1) is 19.1. The number of nitrogens with zero attached hydrogens (tertiary/aromatic N) is 4. The number of allylic oxidation sites excluding steroid dienone is 1. The Hall–Kier alpha value is -2.84. The SMILES string of the molecule is NC1CCN(Cc2cccc(C3=CN4NC(N)C(c5ccccn5)=C4N=C3)c2)CC1. The van der Waals surface area contributed by atoms with E-state index in [1.54, 1.807) is 6.20 Å². The number of pyridine rings is 1. The molecular formula is C23H27N7. The number of hydrazine groups is 1. The molecule has 30 heavy (non-hydrogen) atoms. The van der Waals surface area contributed by atoms with Crippen LogP contribution in [0, 0.1) is 0 Å². The third-order valence-electron chi connectivity index (χ3n) is 5.89. The summed E-state index contributed by atoms with van der Waals surface area (Å²) in [4.78, 5) is 11.6. The Bertz CT molecular complexity index is 1000. The molecule has 5 rings (SSSR count). The molecule has 0 saturated carbocycles. The number of nitrogens with one attached hydrogen (secondary N) is 1. The number of fused-ring (bicyclic) bond motifs is 1. The molecule has 0 amide bonds. The Morgan fingerprint density at radius 2 is 1.93 bits per heavy atom. The second-order valence-corrected chi connectivity index (χ2v) is 8.09. The number of aromatic nitrogens is 1. The average Bonchev–Trinajstić information content (AvgIpc) is 3.11. The lowest BCUT2D eigenvalue weighted by atomic mass is 10.0. The minimum Gasteiger partial charge on any atom is -0.328 e. The van der Waals surface area contributed by atoms with Crippen molar-refractivity contribution in [2.24, 2.45) is 16.5 Å². The highest BCUT2D eigenvalue weighted by Gasteiger charge is 2.31. The van der Waals surface area contributed by atoms with E-state index >= 15 is 0 Å². The van der Waals surface area contributed by atoms with Gasteiger partial charge in [0, 0.05) is 36.8 Å². The van der Waals surface area contributed by atoms with Crippen LogP contribution in [0.25, 0.3) is 11.1 Å². The topological polar surface area (TPSA) is 95.8 Å². The maximum atomic E-state index is 6.32. The van der Waals surface area contributed by atoms with Crippen LogP contribution in [-0.4, -0.2) is 46.4 Å². The van der Waals surface area contributed by atoms with Crippen LogP contribution in [0.2, 0.25) is 0 Å².